The van der Waals surface area contributed by atoms with Crippen LogP contribution in [0.4, 0.5) is 0 Å². The van der Waals surface area contributed by atoms with Crippen molar-refractivity contribution in [2.45, 2.75) is 6.42 Å². The van der Waals surface area contributed by atoms with Gasteiger partial charge in [0.1, 0.15) is 0 Å². The highest BCUT2D eigenvalue weighted by atomic mass is 16.2. The molecule has 0 bridgehead atoms. The molecule has 25 heavy (non-hydrogen) atoms. The number of carbonyl (C=O) groups excluding carboxylic acids is 1. The molecule has 2 heterocycles. The third-order valence-electron chi connectivity index (χ3n) is 3.78. The van der Waals surface area contributed by atoms with E-state index < -0.39 is 11.5 Å². The highest BCUT2D eigenvalue weighted by Crippen LogP contribution is 2.15. The zero-order valence-electron chi connectivity index (χ0n) is 14.2. The Morgan fingerprint density at radius 1 is 1.28 bits per heavy atom. The normalized spacial score (nSPS) is 11.2. The van der Waals surface area contributed by atoms with E-state index in [0.717, 1.165) is 18.5 Å². The number of H-pyrrole nitrogens is 1. The lowest BCUT2D eigenvalue weighted by atomic mass is 10.2. The summed E-state index contributed by atoms with van der Waals surface area (Å²) in [6, 6.07) is 9.42. The number of nitrogens with one attached hydrogen (secondary N) is 2. The van der Waals surface area contributed by atoms with Crippen LogP contribution in [0.5, 0.6) is 0 Å². The Morgan fingerprint density at radius 3 is 2.76 bits per heavy atom. The number of rotatable bonds is 6. The second kappa shape index (κ2) is 7.27. The van der Waals surface area contributed by atoms with Crippen LogP contribution in [0.3, 0.4) is 0 Å². The topological polar surface area (TPSA) is 95.4 Å². The molecule has 2 N–H and O–H groups in total. The standard InChI is InChI=1S/C17H20N6O2/c1-22(2)10-6-9-18-16(24)14-15-17(25)19-13(11-23(15)21-20-14)12-7-4-3-5-8-12/h3-5,7-8,11H,6,9-10H2,1-2H3,(H,18,24)(H,19,25). The number of carbonyl (C=O) groups is 1. The molecule has 3 aromatic rings. The number of benzene rings is 1. The van der Waals surface area contributed by atoms with Crippen LogP contribution in [0.15, 0.2) is 41.3 Å². The third kappa shape index (κ3) is 3.74. The Bertz CT molecular complexity index is 929. The minimum atomic E-state index is -0.398. The van der Waals surface area contributed by atoms with Crippen molar-refractivity contribution < 1.29 is 4.79 Å². The van der Waals surface area contributed by atoms with E-state index in [4.69, 9.17) is 0 Å². The molecule has 3 rings (SSSR count). The van der Waals surface area contributed by atoms with Crippen LogP contribution in [-0.4, -0.2) is 57.8 Å². The van der Waals surface area contributed by atoms with Crippen molar-refractivity contribution in [3.05, 3.63) is 52.6 Å². The average Bonchev–Trinajstić information content (AvgIpc) is 3.04. The quantitative estimate of drug-likeness (QED) is 0.646. The Labute approximate surface area is 144 Å². The summed E-state index contributed by atoms with van der Waals surface area (Å²) in [6.07, 6.45) is 2.47. The van der Waals surface area contributed by atoms with Gasteiger partial charge < -0.3 is 15.2 Å². The lowest BCUT2D eigenvalue weighted by Crippen LogP contribution is -2.28. The van der Waals surface area contributed by atoms with Crippen LogP contribution in [0, 0.1) is 0 Å². The number of aromatic nitrogens is 4. The van der Waals surface area contributed by atoms with Crippen LogP contribution in [0.2, 0.25) is 0 Å². The zero-order chi connectivity index (χ0) is 17.8. The van der Waals surface area contributed by atoms with E-state index in [1.807, 2.05) is 49.3 Å². The summed E-state index contributed by atoms with van der Waals surface area (Å²) in [5, 5.41) is 10.6. The van der Waals surface area contributed by atoms with E-state index in [1.165, 1.54) is 4.52 Å². The van der Waals surface area contributed by atoms with Crippen LogP contribution in [-0.2, 0) is 0 Å². The van der Waals surface area contributed by atoms with Gasteiger partial charge in [-0.25, -0.2) is 4.52 Å². The molecule has 0 fully saturated rings. The number of aromatic amines is 1. The lowest BCUT2D eigenvalue weighted by molar-refractivity contribution is 0.0949. The summed E-state index contributed by atoms with van der Waals surface area (Å²) in [5.74, 6) is -0.397. The molecule has 0 unspecified atom stereocenters. The minimum absolute atomic E-state index is 0.0331. The number of fused-ring (bicyclic) bond motifs is 1. The summed E-state index contributed by atoms with van der Waals surface area (Å²) in [7, 11) is 3.94. The maximum absolute atomic E-state index is 12.4. The first-order valence-electron chi connectivity index (χ1n) is 8.03. The maximum atomic E-state index is 12.4. The van der Waals surface area contributed by atoms with Crippen molar-refractivity contribution in [3.63, 3.8) is 0 Å². The van der Waals surface area contributed by atoms with Crippen LogP contribution >= 0.6 is 0 Å². The molecule has 0 spiro atoms. The molecule has 0 aliphatic carbocycles. The number of nitrogens with zero attached hydrogens (tertiary/aromatic N) is 4. The van der Waals surface area contributed by atoms with Gasteiger partial charge in [0, 0.05) is 6.54 Å². The first-order valence-corrected chi connectivity index (χ1v) is 8.03. The number of amides is 1. The molecular formula is C17H20N6O2. The summed E-state index contributed by atoms with van der Waals surface area (Å²) in [6.45, 7) is 1.37. The second-order valence-corrected chi connectivity index (χ2v) is 6.01. The molecule has 0 aliphatic heterocycles. The molecular weight excluding hydrogens is 320 g/mol. The van der Waals surface area contributed by atoms with Crippen molar-refractivity contribution in [1.29, 1.82) is 0 Å². The Kier molecular flexibility index (Phi) is 4.90. The third-order valence-corrected chi connectivity index (χ3v) is 3.78. The molecule has 130 valence electrons. The molecule has 1 amide bonds. The first-order chi connectivity index (χ1) is 12.1. The molecule has 8 heteroatoms. The van der Waals surface area contributed by atoms with Gasteiger partial charge in [-0.3, -0.25) is 9.59 Å². The van der Waals surface area contributed by atoms with Crippen molar-refractivity contribution in [3.8, 4) is 11.3 Å². The predicted molar refractivity (Wildman–Crippen MR) is 94.5 cm³/mol. The molecule has 2 aromatic heterocycles. The van der Waals surface area contributed by atoms with Gasteiger partial charge in [0.15, 0.2) is 11.2 Å². The molecule has 0 radical (unpaired) electrons. The van der Waals surface area contributed by atoms with Crippen LogP contribution in [0.1, 0.15) is 16.9 Å². The van der Waals surface area contributed by atoms with Crippen LogP contribution in [0.25, 0.3) is 16.8 Å². The van der Waals surface area contributed by atoms with E-state index in [-0.39, 0.29) is 11.2 Å². The monoisotopic (exact) mass is 340 g/mol. The zero-order valence-corrected chi connectivity index (χ0v) is 14.2. The minimum Gasteiger partial charge on any atom is -0.351 e. The summed E-state index contributed by atoms with van der Waals surface area (Å²) in [5.41, 5.74) is 1.24. The van der Waals surface area contributed by atoms with Gasteiger partial charge in [0.2, 0.25) is 0 Å². The molecule has 1 aromatic carbocycles. The molecule has 0 atom stereocenters. The van der Waals surface area contributed by atoms with E-state index in [2.05, 4.69) is 20.6 Å². The van der Waals surface area contributed by atoms with E-state index >= 15 is 0 Å². The number of hydrogen-bond donors (Lipinski definition) is 2. The lowest BCUT2D eigenvalue weighted by Gasteiger charge is -2.09. The van der Waals surface area contributed by atoms with Crippen molar-refractivity contribution in [1.82, 2.24) is 30.0 Å². The van der Waals surface area contributed by atoms with Gasteiger partial charge in [-0.15, -0.1) is 5.10 Å². The van der Waals surface area contributed by atoms with Crippen LogP contribution < -0.4 is 10.9 Å². The summed E-state index contributed by atoms with van der Waals surface area (Å²) >= 11 is 0. The highest BCUT2D eigenvalue weighted by molar-refractivity contribution is 5.98. The summed E-state index contributed by atoms with van der Waals surface area (Å²) < 4.78 is 1.34. The highest BCUT2D eigenvalue weighted by Gasteiger charge is 2.18. The average molecular weight is 340 g/mol. The van der Waals surface area contributed by atoms with Crippen molar-refractivity contribution in [2.24, 2.45) is 0 Å². The Morgan fingerprint density at radius 2 is 2.04 bits per heavy atom. The SMILES string of the molecule is CN(C)CCCNC(=O)c1nnn2cc(-c3ccccc3)[nH]c(=O)c12. The first kappa shape index (κ1) is 16.8. The van der Waals surface area contributed by atoms with Crippen molar-refractivity contribution in [2.75, 3.05) is 27.2 Å². The largest absolute Gasteiger partial charge is 0.351 e. The maximum Gasteiger partial charge on any atom is 0.276 e. The smallest absolute Gasteiger partial charge is 0.276 e. The van der Waals surface area contributed by atoms with E-state index in [1.54, 1.807) is 6.20 Å². The predicted octanol–water partition coefficient (Wildman–Crippen LogP) is 0.766. The Hall–Kier alpha value is -3.00. The van der Waals surface area contributed by atoms with Gasteiger partial charge in [-0.2, -0.15) is 0 Å². The van der Waals surface area contributed by atoms with Gasteiger partial charge >= 0.3 is 0 Å². The Balaban J connectivity index is 1.84. The van der Waals surface area contributed by atoms with Gasteiger partial charge in [0.25, 0.3) is 11.5 Å². The number of hydrogen-bond acceptors (Lipinski definition) is 5. The van der Waals surface area contributed by atoms with Gasteiger partial charge in [-0.1, -0.05) is 35.5 Å². The van der Waals surface area contributed by atoms with Crippen molar-refractivity contribution >= 4 is 11.4 Å². The molecule has 0 aliphatic rings. The fourth-order valence-electron chi connectivity index (χ4n) is 2.53. The fraction of sp³-hybridized carbons (Fsp3) is 0.294. The summed E-state index contributed by atoms with van der Waals surface area (Å²) in [4.78, 5) is 29.5. The van der Waals surface area contributed by atoms with Gasteiger partial charge in [-0.05, 0) is 32.6 Å². The van der Waals surface area contributed by atoms with E-state index in [0.29, 0.717) is 12.2 Å². The molecule has 0 saturated carbocycles. The fourth-order valence-corrected chi connectivity index (χ4v) is 2.53. The second-order valence-electron chi connectivity index (χ2n) is 6.01. The van der Waals surface area contributed by atoms with Gasteiger partial charge in [0.05, 0.1) is 11.9 Å². The molecule has 8 nitrogen and oxygen atoms in total. The molecule has 0 saturated heterocycles. The van der Waals surface area contributed by atoms with E-state index in [9.17, 15) is 9.59 Å².